The van der Waals surface area contributed by atoms with Crippen LogP contribution >= 0.6 is 0 Å². The fourth-order valence-electron chi connectivity index (χ4n) is 3.02. The lowest BCUT2D eigenvalue weighted by molar-refractivity contribution is -0.137. The summed E-state index contributed by atoms with van der Waals surface area (Å²) >= 11 is 0. The van der Waals surface area contributed by atoms with Crippen LogP contribution in [0.15, 0.2) is 0 Å². The minimum absolute atomic E-state index is 0.0439. The molecule has 4 amide bonds. The number of likely N-dealkylation sites (tertiary alicyclic amines) is 2. The predicted octanol–water partition coefficient (Wildman–Crippen LogP) is -1.15. The van der Waals surface area contributed by atoms with Gasteiger partial charge >= 0.3 is 0 Å². The van der Waals surface area contributed by atoms with E-state index < -0.39 is 11.9 Å². The average molecular weight is 324 g/mol. The highest BCUT2D eigenvalue weighted by Gasteiger charge is 2.32. The molecule has 0 saturated carbocycles. The van der Waals surface area contributed by atoms with E-state index in [9.17, 15) is 19.2 Å². The maximum atomic E-state index is 12.1. The van der Waals surface area contributed by atoms with Crippen molar-refractivity contribution in [1.82, 2.24) is 20.4 Å². The Hall–Kier alpha value is -2.12. The highest BCUT2D eigenvalue weighted by Crippen LogP contribution is 2.17. The first-order chi connectivity index (χ1) is 11.0. The number of rotatable bonds is 5. The third-order valence-electron chi connectivity index (χ3n) is 4.28. The lowest BCUT2D eigenvalue weighted by atomic mass is 10.2. The van der Waals surface area contributed by atoms with Gasteiger partial charge in [-0.15, -0.1) is 0 Å². The van der Waals surface area contributed by atoms with E-state index in [1.807, 2.05) is 0 Å². The van der Waals surface area contributed by atoms with Crippen molar-refractivity contribution in [1.29, 1.82) is 0 Å². The molecule has 2 heterocycles. The van der Waals surface area contributed by atoms with Crippen LogP contribution in [0.25, 0.3) is 0 Å². The SMILES string of the molecule is CC(=O)N1CCC[C@H]1C(=O)NCC(=O)NCC(=O)N1CCCC1. The molecule has 8 heteroatoms. The quantitative estimate of drug-likeness (QED) is 0.667. The number of hydrogen-bond acceptors (Lipinski definition) is 4. The fourth-order valence-corrected chi connectivity index (χ4v) is 3.02. The van der Waals surface area contributed by atoms with Crippen LogP contribution in [0.3, 0.4) is 0 Å². The van der Waals surface area contributed by atoms with E-state index in [0.29, 0.717) is 13.0 Å². The van der Waals surface area contributed by atoms with Gasteiger partial charge in [0.1, 0.15) is 6.04 Å². The zero-order valence-electron chi connectivity index (χ0n) is 13.5. The lowest BCUT2D eigenvalue weighted by Gasteiger charge is -2.22. The van der Waals surface area contributed by atoms with Crippen LogP contribution in [-0.2, 0) is 19.2 Å². The molecule has 0 unspecified atom stereocenters. The summed E-state index contributed by atoms with van der Waals surface area (Å²) in [5.74, 6) is -0.957. The zero-order valence-corrected chi connectivity index (χ0v) is 13.5. The maximum Gasteiger partial charge on any atom is 0.243 e. The number of carbonyl (C=O) groups excluding carboxylic acids is 4. The Bertz CT molecular complexity index is 488. The van der Waals surface area contributed by atoms with Gasteiger partial charge in [-0.25, -0.2) is 0 Å². The van der Waals surface area contributed by atoms with E-state index in [4.69, 9.17) is 0 Å². The molecule has 128 valence electrons. The van der Waals surface area contributed by atoms with Gasteiger partial charge in [-0.1, -0.05) is 0 Å². The third-order valence-corrected chi connectivity index (χ3v) is 4.28. The highest BCUT2D eigenvalue weighted by molar-refractivity contribution is 5.91. The first kappa shape index (κ1) is 17.2. The summed E-state index contributed by atoms with van der Waals surface area (Å²) in [6.07, 6.45) is 3.40. The highest BCUT2D eigenvalue weighted by atomic mass is 16.2. The lowest BCUT2D eigenvalue weighted by Crippen LogP contribution is -2.48. The summed E-state index contributed by atoms with van der Waals surface area (Å²) in [6.45, 7) is 3.26. The third kappa shape index (κ3) is 4.67. The minimum Gasteiger partial charge on any atom is -0.345 e. The molecule has 0 aliphatic carbocycles. The normalized spacial score (nSPS) is 20.5. The second-order valence-electron chi connectivity index (χ2n) is 5.95. The Kier molecular flexibility index (Phi) is 5.95. The molecular formula is C15H24N4O4. The molecule has 8 nitrogen and oxygen atoms in total. The van der Waals surface area contributed by atoms with Crippen molar-refractivity contribution in [2.75, 3.05) is 32.7 Å². The first-order valence-corrected chi connectivity index (χ1v) is 8.08. The Labute approximate surface area is 135 Å². The van der Waals surface area contributed by atoms with Crippen molar-refractivity contribution in [3.63, 3.8) is 0 Å². The smallest absolute Gasteiger partial charge is 0.243 e. The molecule has 2 saturated heterocycles. The molecule has 0 aromatic heterocycles. The van der Waals surface area contributed by atoms with Gasteiger partial charge < -0.3 is 20.4 Å². The minimum atomic E-state index is -0.494. The summed E-state index contributed by atoms with van der Waals surface area (Å²) in [6, 6.07) is -0.494. The Morgan fingerprint density at radius 2 is 1.65 bits per heavy atom. The van der Waals surface area contributed by atoms with Crippen molar-refractivity contribution < 1.29 is 19.2 Å². The van der Waals surface area contributed by atoms with Crippen LogP contribution in [0.1, 0.15) is 32.6 Å². The van der Waals surface area contributed by atoms with Gasteiger partial charge in [0.2, 0.25) is 23.6 Å². The van der Waals surface area contributed by atoms with Gasteiger partial charge in [-0.2, -0.15) is 0 Å². The number of nitrogens with zero attached hydrogens (tertiary/aromatic N) is 2. The monoisotopic (exact) mass is 324 g/mol. The van der Waals surface area contributed by atoms with E-state index in [1.54, 1.807) is 4.90 Å². The van der Waals surface area contributed by atoms with Crippen molar-refractivity contribution in [2.24, 2.45) is 0 Å². The van der Waals surface area contributed by atoms with Gasteiger partial charge in [-0.3, -0.25) is 19.2 Å². The first-order valence-electron chi connectivity index (χ1n) is 8.08. The topological polar surface area (TPSA) is 98.8 Å². The van der Waals surface area contributed by atoms with E-state index >= 15 is 0 Å². The summed E-state index contributed by atoms with van der Waals surface area (Å²) in [7, 11) is 0. The summed E-state index contributed by atoms with van der Waals surface area (Å²) < 4.78 is 0. The Balaban J connectivity index is 1.68. The van der Waals surface area contributed by atoms with Crippen LogP contribution in [0.5, 0.6) is 0 Å². The standard InChI is InChI=1S/C15H24N4O4/c1-11(20)19-8-4-5-12(19)15(23)17-9-13(21)16-10-14(22)18-6-2-3-7-18/h12H,2-10H2,1H3,(H,16,21)(H,17,23)/t12-/m0/s1. The van der Waals surface area contributed by atoms with Gasteiger partial charge in [0, 0.05) is 26.6 Å². The molecule has 23 heavy (non-hydrogen) atoms. The molecule has 0 spiro atoms. The average Bonchev–Trinajstić information content (AvgIpc) is 3.20. The molecular weight excluding hydrogens is 300 g/mol. The zero-order chi connectivity index (χ0) is 16.8. The van der Waals surface area contributed by atoms with Gasteiger partial charge in [0.25, 0.3) is 0 Å². The van der Waals surface area contributed by atoms with Crippen molar-refractivity contribution in [3.8, 4) is 0 Å². The van der Waals surface area contributed by atoms with Crippen LogP contribution in [0.2, 0.25) is 0 Å². The molecule has 2 rings (SSSR count). The van der Waals surface area contributed by atoms with Crippen LogP contribution in [-0.4, -0.2) is 72.2 Å². The predicted molar refractivity (Wildman–Crippen MR) is 82.2 cm³/mol. The second kappa shape index (κ2) is 7.94. The second-order valence-corrected chi connectivity index (χ2v) is 5.95. The Morgan fingerprint density at radius 1 is 0.957 bits per heavy atom. The summed E-state index contributed by atoms with van der Waals surface area (Å²) in [4.78, 5) is 50.2. The maximum absolute atomic E-state index is 12.1. The van der Waals surface area contributed by atoms with Gasteiger partial charge in [-0.05, 0) is 25.7 Å². The van der Waals surface area contributed by atoms with Crippen LogP contribution in [0, 0.1) is 0 Å². The molecule has 0 radical (unpaired) electrons. The van der Waals surface area contributed by atoms with Crippen LogP contribution < -0.4 is 10.6 Å². The van der Waals surface area contributed by atoms with E-state index in [-0.39, 0.29) is 30.8 Å². The number of nitrogens with one attached hydrogen (secondary N) is 2. The van der Waals surface area contributed by atoms with E-state index in [1.165, 1.54) is 11.8 Å². The molecule has 2 aliphatic rings. The van der Waals surface area contributed by atoms with Crippen molar-refractivity contribution in [3.05, 3.63) is 0 Å². The fraction of sp³-hybridized carbons (Fsp3) is 0.733. The van der Waals surface area contributed by atoms with Gasteiger partial charge in [0.05, 0.1) is 13.1 Å². The number of amides is 4. The molecule has 1 atom stereocenters. The number of hydrogen-bond donors (Lipinski definition) is 2. The summed E-state index contributed by atoms with van der Waals surface area (Å²) in [5, 5.41) is 5.05. The van der Waals surface area contributed by atoms with Crippen molar-refractivity contribution in [2.45, 2.75) is 38.6 Å². The number of carbonyl (C=O) groups is 4. The van der Waals surface area contributed by atoms with Crippen LogP contribution in [0.4, 0.5) is 0 Å². The molecule has 0 aromatic carbocycles. The molecule has 2 fully saturated rings. The largest absolute Gasteiger partial charge is 0.345 e. The Morgan fingerprint density at radius 3 is 2.30 bits per heavy atom. The molecule has 2 aliphatic heterocycles. The molecule has 2 N–H and O–H groups in total. The van der Waals surface area contributed by atoms with E-state index in [0.717, 1.165) is 32.4 Å². The molecule has 0 aromatic rings. The van der Waals surface area contributed by atoms with Crippen molar-refractivity contribution >= 4 is 23.6 Å². The molecule has 0 bridgehead atoms. The van der Waals surface area contributed by atoms with Gasteiger partial charge in [0.15, 0.2) is 0 Å². The van der Waals surface area contributed by atoms with E-state index in [2.05, 4.69) is 10.6 Å². The summed E-state index contributed by atoms with van der Waals surface area (Å²) in [5.41, 5.74) is 0.